The number of hydrogen-bond acceptors (Lipinski definition) is 7. The summed E-state index contributed by atoms with van der Waals surface area (Å²) in [6.07, 6.45) is -3.76. The van der Waals surface area contributed by atoms with Gasteiger partial charge in [-0.1, -0.05) is 48.5 Å². The van der Waals surface area contributed by atoms with E-state index >= 15 is 0 Å². The predicted molar refractivity (Wildman–Crippen MR) is 111 cm³/mol. The molecule has 0 bridgehead atoms. The van der Waals surface area contributed by atoms with Gasteiger partial charge in [-0.2, -0.15) is 0 Å². The van der Waals surface area contributed by atoms with E-state index in [0.717, 1.165) is 5.56 Å². The molecule has 2 heterocycles. The number of carbonyl (C=O) groups excluding carboxylic acids is 1. The Hall–Kier alpha value is -2.98. The first-order chi connectivity index (χ1) is 15.5. The lowest BCUT2D eigenvalue weighted by Crippen LogP contribution is -2.68. The van der Waals surface area contributed by atoms with Gasteiger partial charge in [-0.25, -0.2) is 4.79 Å². The minimum atomic E-state index is -1.14. The molecule has 2 aliphatic rings. The molecule has 1 amide bonds. The molecule has 0 saturated carbocycles. The second-order valence-electron chi connectivity index (χ2n) is 7.55. The van der Waals surface area contributed by atoms with Gasteiger partial charge in [0, 0.05) is 12.5 Å². The van der Waals surface area contributed by atoms with E-state index in [9.17, 15) is 14.7 Å². The molecule has 170 valence electrons. The van der Waals surface area contributed by atoms with E-state index in [0.29, 0.717) is 5.75 Å². The third kappa shape index (κ3) is 5.25. The van der Waals surface area contributed by atoms with Crippen LogP contribution < -0.4 is 10.1 Å². The minimum absolute atomic E-state index is 0.179. The van der Waals surface area contributed by atoms with Crippen molar-refractivity contribution in [2.75, 3.05) is 13.2 Å². The van der Waals surface area contributed by atoms with E-state index in [2.05, 4.69) is 5.32 Å². The molecule has 9 heteroatoms. The molecule has 0 spiro atoms. The molecular formula is C23H25NO8. The molecule has 2 aromatic rings. The number of benzene rings is 2. The molecule has 9 nitrogen and oxygen atoms in total. The van der Waals surface area contributed by atoms with Crippen LogP contribution in [0.25, 0.3) is 0 Å². The third-order valence-electron chi connectivity index (χ3n) is 5.18. The summed E-state index contributed by atoms with van der Waals surface area (Å²) < 4.78 is 29.9. The lowest BCUT2D eigenvalue weighted by molar-refractivity contribution is -0.337. The van der Waals surface area contributed by atoms with Gasteiger partial charge in [0.2, 0.25) is 12.2 Å². The van der Waals surface area contributed by atoms with E-state index in [1.165, 1.54) is 6.92 Å². The van der Waals surface area contributed by atoms with Crippen LogP contribution in [-0.4, -0.2) is 60.8 Å². The highest BCUT2D eigenvalue weighted by molar-refractivity contribution is 5.73. The van der Waals surface area contributed by atoms with Gasteiger partial charge < -0.3 is 34.1 Å². The molecule has 0 aromatic heterocycles. The van der Waals surface area contributed by atoms with Gasteiger partial charge >= 0.3 is 5.97 Å². The van der Waals surface area contributed by atoms with Crippen molar-refractivity contribution < 1.29 is 38.4 Å². The molecule has 2 aliphatic heterocycles. The smallest absolute Gasteiger partial charge is 0.329 e. The zero-order chi connectivity index (χ0) is 22.5. The Morgan fingerprint density at radius 2 is 1.75 bits per heavy atom. The number of carboxylic acids is 1. The van der Waals surface area contributed by atoms with Crippen molar-refractivity contribution in [2.24, 2.45) is 0 Å². The Bertz CT molecular complexity index is 909. The van der Waals surface area contributed by atoms with Crippen LogP contribution in [-0.2, 0) is 28.5 Å². The van der Waals surface area contributed by atoms with Crippen LogP contribution in [0.15, 0.2) is 60.7 Å². The van der Waals surface area contributed by atoms with Crippen LogP contribution in [0.1, 0.15) is 18.8 Å². The van der Waals surface area contributed by atoms with Gasteiger partial charge in [0.15, 0.2) is 6.29 Å². The monoisotopic (exact) mass is 443 g/mol. The normalized spacial score (nSPS) is 29.5. The van der Waals surface area contributed by atoms with Gasteiger partial charge in [-0.15, -0.1) is 0 Å². The number of amides is 1. The van der Waals surface area contributed by atoms with Crippen molar-refractivity contribution in [1.82, 2.24) is 5.32 Å². The minimum Gasteiger partial charge on any atom is -0.480 e. The van der Waals surface area contributed by atoms with Crippen molar-refractivity contribution in [3.8, 4) is 5.75 Å². The molecule has 4 rings (SSSR count). The number of hydrogen-bond donors (Lipinski definition) is 2. The Morgan fingerprint density at radius 3 is 2.41 bits per heavy atom. The van der Waals surface area contributed by atoms with Crippen molar-refractivity contribution in [3.05, 3.63) is 66.2 Å². The van der Waals surface area contributed by atoms with Crippen molar-refractivity contribution in [2.45, 2.75) is 43.9 Å². The van der Waals surface area contributed by atoms with E-state index in [1.807, 2.05) is 48.5 Å². The van der Waals surface area contributed by atoms with Gasteiger partial charge in [-0.05, 0) is 12.1 Å². The van der Waals surface area contributed by atoms with Gasteiger partial charge in [0.05, 0.1) is 6.61 Å². The first-order valence-electron chi connectivity index (χ1n) is 10.3. The zero-order valence-corrected chi connectivity index (χ0v) is 17.5. The molecule has 6 atom stereocenters. The summed E-state index contributed by atoms with van der Waals surface area (Å²) in [7, 11) is 0. The number of aliphatic carboxylic acids is 1. The molecule has 2 N–H and O–H groups in total. The number of carbonyl (C=O) groups is 2. The lowest BCUT2D eigenvalue weighted by atomic mass is 9.95. The number of para-hydroxylation sites is 1. The maximum atomic E-state index is 12.0. The van der Waals surface area contributed by atoms with Gasteiger partial charge in [0.25, 0.3) is 0 Å². The highest BCUT2D eigenvalue weighted by Gasteiger charge is 2.52. The number of ether oxygens (including phenoxy) is 5. The molecule has 32 heavy (non-hydrogen) atoms. The van der Waals surface area contributed by atoms with E-state index < -0.39 is 49.5 Å². The van der Waals surface area contributed by atoms with Crippen molar-refractivity contribution >= 4 is 11.9 Å². The van der Waals surface area contributed by atoms with Crippen LogP contribution in [0.5, 0.6) is 5.75 Å². The van der Waals surface area contributed by atoms with E-state index in [-0.39, 0.29) is 12.5 Å². The summed E-state index contributed by atoms with van der Waals surface area (Å²) in [6, 6.07) is 17.5. The zero-order valence-electron chi connectivity index (χ0n) is 17.5. The lowest BCUT2D eigenvalue weighted by Gasteiger charge is -2.49. The van der Waals surface area contributed by atoms with Crippen LogP contribution >= 0.6 is 0 Å². The van der Waals surface area contributed by atoms with Crippen LogP contribution in [0, 0.1) is 0 Å². The standard InChI is InChI=1S/C23H25NO8/c1-14(25)24-19-21(28-13-18(26)27)20-17(31-23(19)30-16-10-6-3-7-11-16)12-29-22(32-20)15-8-4-2-5-9-15/h2-11,17,19-23H,12-13H2,1H3,(H,24,25)(H,26,27)/t17-,19-,20-,21-,22+,23-/m1/s1. The predicted octanol–water partition coefficient (Wildman–Crippen LogP) is 1.88. The number of carboxylic acid groups (broad SMARTS) is 1. The summed E-state index contributed by atoms with van der Waals surface area (Å²) in [5.74, 6) is -0.945. The van der Waals surface area contributed by atoms with Crippen molar-refractivity contribution in [1.29, 1.82) is 0 Å². The Morgan fingerprint density at radius 1 is 1.06 bits per heavy atom. The average molecular weight is 443 g/mol. The summed E-state index contributed by atoms with van der Waals surface area (Å²) in [5.41, 5.74) is 0.807. The van der Waals surface area contributed by atoms with Crippen molar-refractivity contribution in [3.63, 3.8) is 0 Å². The fourth-order valence-electron chi connectivity index (χ4n) is 3.84. The fraction of sp³-hybridized carbons (Fsp3) is 0.391. The van der Waals surface area contributed by atoms with Gasteiger partial charge in [-0.3, -0.25) is 4.79 Å². The molecule has 2 saturated heterocycles. The second kappa shape index (κ2) is 10.1. The number of rotatable bonds is 7. The largest absolute Gasteiger partial charge is 0.480 e. The molecule has 2 aromatic carbocycles. The highest BCUT2D eigenvalue weighted by atomic mass is 16.8. The number of fused-ring (bicyclic) bond motifs is 1. The van der Waals surface area contributed by atoms with E-state index in [1.54, 1.807) is 12.1 Å². The Balaban J connectivity index is 1.61. The topological polar surface area (TPSA) is 113 Å². The fourth-order valence-corrected chi connectivity index (χ4v) is 3.84. The molecule has 0 radical (unpaired) electrons. The maximum absolute atomic E-state index is 12.0. The first-order valence-corrected chi connectivity index (χ1v) is 10.3. The van der Waals surface area contributed by atoms with Crippen LogP contribution in [0.3, 0.4) is 0 Å². The molecular weight excluding hydrogens is 418 g/mol. The summed E-state index contributed by atoms with van der Waals surface area (Å²) in [4.78, 5) is 23.2. The molecule has 2 fully saturated rings. The second-order valence-corrected chi connectivity index (χ2v) is 7.55. The van der Waals surface area contributed by atoms with Crippen LogP contribution in [0.2, 0.25) is 0 Å². The molecule has 0 unspecified atom stereocenters. The molecule has 0 aliphatic carbocycles. The maximum Gasteiger partial charge on any atom is 0.329 e. The Kier molecular flexibility index (Phi) is 7.01. The summed E-state index contributed by atoms with van der Waals surface area (Å²) in [6.45, 7) is 0.971. The first kappa shape index (κ1) is 22.2. The summed E-state index contributed by atoms with van der Waals surface area (Å²) in [5, 5.41) is 12.0. The third-order valence-corrected chi connectivity index (χ3v) is 5.18. The SMILES string of the molecule is CC(=O)N[C@H]1[C@H](Oc2ccccc2)O[C@@H]2CO[C@H](c3ccccc3)O[C@H]2[C@@H]1OCC(=O)O. The highest BCUT2D eigenvalue weighted by Crippen LogP contribution is 2.36. The average Bonchev–Trinajstić information content (AvgIpc) is 2.79. The Labute approximate surface area is 185 Å². The van der Waals surface area contributed by atoms with Crippen LogP contribution in [0.4, 0.5) is 0 Å². The van der Waals surface area contributed by atoms with Gasteiger partial charge in [0.1, 0.15) is 36.7 Å². The number of nitrogens with one attached hydrogen (secondary N) is 1. The quantitative estimate of drug-likeness (QED) is 0.667. The summed E-state index contributed by atoms with van der Waals surface area (Å²) >= 11 is 0. The van der Waals surface area contributed by atoms with E-state index in [4.69, 9.17) is 23.7 Å².